The third kappa shape index (κ3) is 4.82. The highest BCUT2D eigenvalue weighted by atomic mass is 19.1. The molecule has 0 fully saturated rings. The summed E-state index contributed by atoms with van der Waals surface area (Å²) in [6, 6.07) is 13.2. The van der Waals surface area contributed by atoms with E-state index < -0.39 is 11.9 Å². The number of aromatic nitrogens is 2. The van der Waals surface area contributed by atoms with Gasteiger partial charge < -0.3 is 10.6 Å². The maximum Gasteiger partial charge on any atom is 0.226 e. The maximum atomic E-state index is 14.3. The predicted octanol–water partition coefficient (Wildman–Crippen LogP) is 3.53. The fraction of sp³-hybridized carbons (Fsp3) is 0.190. The van der Waals surface area contributed by atoms with Crippen molar-refractivity contribution in [2.45, 2.75) is 26.3 Å². The minimum absolute atomic E-state index is 0.0329. The highest BCUT2D eigenvalue weighted by molar-refractivity contribution is 5.91. The van der Waals surface area contributed by atoms with Crippen LogP contribution in [0, 0.1) is 12.7 Å². The van der Waals surface area contributed by atoms with Crippen molar-refractivity contribution in [2.75, 3.05) is 5.32 Å². The summed E-state index contributed by atoms with van der Waals surface area (Å²) in [6.07, 6.45) is 3.23. The molecule has 0 bridgehead atoms. The van der Waals surface area contributed by atoms with Gasteiger partial charge in [-0.3, -0.25) is 9.59 Å². The second-order valence-electron chi connectivity index (χ2n) is 6.53. The molecule has 7 heteroatoms. The summed E-state index contributed by atoms with van der Waals surface area (Å²) in [5.41, 5.74) is 2.54. The van der Waals surface area contributed by atoms with E-state index in [1.807, 2.05) is 31.2 Å². The zero-order valence-electron chi connectivity index (χ0n) is 15.6. The highest BCUT2D eigenvalue weighted by Crippen LogP contribution is 2.21. The van der Waals surface area contributed by atoms with Crippen molar-refractivity contribution in [1.29, 1.82) is 0 Å². The fourth-order valence-corrected chi connectivity index (χ4v) is 2.88. The van der Waals surface area contributed by atoms with Crippen molar-refractivity contribution in [1.82, 2.24) is 15.1 Å². The zero-order valence-corrected chi connectivity index (χ0v) is 15.6. The molecule has 1 unspecified atom stereocenters. The number of halogens is 1. The van der Waals surface area contributed by atoms with Crippen LogP contribution in [0.5, 0.6) is 0 Å². The molecule has 0 aliphatic heterocycles. The lowest BCUT2D eigenvalue weighted by molar-refractivity contribution is -0.120. The van der Waals surface area contributed by atoms with Crippen LogP contribution >= 0.6 is 0 Å². The van der Waals surface area contributed by atoms with E-state index in [0.29, 0.717) is 11.4 Å². The number of anilines is 1. The maximum absolute atomic E-state index is 14.3. The highest BCUT2D eigenvalue weighted by Gasteiger charge is 2.18. The number of carbonyl (C=O) groups is 2. The number of hydrogen-bond donors (Lipinski definition) is 2. The normalized spacial score (nSPS) is 11.7. The quantitative estimate of drug-likeness (QED) is 0.687. The van der Waals surface area contributed by atoms with Crippen molar-refractivity contribution in [3.05, 3.63) is 77.9 Å². The second-order valence-corrected chi connectivity index (χ2v) is 6.53. The van der Waals surface area contributed by atoms with Gasteiger partial charge in [0.05, 0.1) is 12.5 Å². The SMILES string of the molecule is CC(=O)NC(CC(=O)Nc1ccc(-n2cccn2)c(F)c1)c1ccc(C)cc1. The molecule has 0 aliphatic rings. The molecule has 1 heterocycles. The first-order valence-corrected chi connectivity index (χ1v) is 8.85. The standard InChI is InChI=1S/C21H21FN4O2/c1-14-4-6-16(7-5-14)19(24-15(2)27)13-21(28)25-17-8-9-20(18(22)12-17)26-11-3-10-23-26/h3-12,19H,13H2,1-2H3,(H,24,27)(H,25,28). The number of rotatable bonds is 6. The lowest BCUT2D eigenvalue weighted by Gasteiger charge is -2.18. The largest absolute Gasteiger partial charge is 0.349 e. The Kier molecular flexibility index (Phi) is 5.84. The Labute approximate surface area is 162 Å². The van der Waals surface area contributed by atoms with Crippen LogP contribution in [-0.2, 0) is 9.59 Å². The molecule has 0 radical (unpaired) electrons. The summed E-state index contributed by atoms with van der Waals surface area (Å²) < 4.78 is 15.7. The van der Waals surface area contributed by atoms with Gasteiger partial charge in [-0.25, -0.2) is 9.07 Å². The van der Waals surface area contributed by atoms with Gasteiger partial charge in [0.15, 0.2) is 5.82 Å². The summed E-state index contributed by atoms with van der Waals surface area (Å²) in [7, 11) is 0. The van der Waals surface area contributed by atoms with E-state index in [4.69, 9.17) is 0 Å². The molecule has 144 valence electrons. The third-order valence-electron chi connectivity index (χ3n) is 4.23. The number of nitrogens with zero attached hydrogens (tertiary/aromatic N) is 2. The predicted molar refractivity (Wildman–Crippen MR) is 105 cm³/mol. The Bertz CT molecular complexity index is 969. The molecule has 0 aliphatic carbocycles. The van der Waals surface area contributed by atoms with E-state index in [2.05, 4.69) is 15.7 Å². The molecular formula is C21H21FN4O2. The van der Waals surface area contributed by atoms with E-state index in [-0.39, 0.29) is 18.2 Å². The van der Waals surface area contributed by atoms with Gasteiger partial charge in [0.1, 0.15) is 5.69 Å². The van der Waals surface area contributed by atoms with Gasteiger partial charge in [0.25, 0.3) is 0 Å². The van der Waals surface area contributed by atoms with Crippen LogP contribution in [0.25, 0.3) is 5.69 Å². The van der Waals surface area contributed by atoms with E-state index in [0.717, 1.165) is 11.1 Å². The number of nitrogens with one attached hydrogen (secondary N) is 2. The van der Waals surface area contributed by atoms with Crippen molar-refractivity contribution in [2.24, 2.45) is 0 Å². The Morgan fingerprint density at radius 1 is 1.18 bits per heavy atom. The van der Waals surface area contributed by atoms with E-state index in [1.54, 1.807) is 30.6 Å². The summed E-state index contributed by atoms with van der Waals surface area (Å²) in [6.45, 7) is 3.37. The molecular weight excluding hydrogens is 359 g/mol. The van der Waals surface area contributed by atoms with Gasteiger partial charge >= 0.3 is 0 Å². The molecule has 28 heavy (non-hydrogen) atoms. The van der Waals surface area contributed by atoms with Crippen LogP contribution in [-0.4, -0.2) is 21.6 Å². The smallest absolute Gasteiger partial charge is 0.226 e. The monoisotopic (exact) mass is 380 g/mol. The fourth-order valence-electron chi connectivity index (χ4n) is 2.88. The molecule has 6 nitrogen and oxygen atoms in total. The van der Waals surface area contributed by atoms with Crippen LogP contribution < -0.4 is 10.6 Å². The van der Waals surface area contributed by atoms with Gasteiger partial charge in [-0.15, -0.1) is 0 Å². The topological polar surface area (TPSA) is 76.0 Å². The average Bonchev–Trinajstić information content (AvgIpc) is 3.16. The zero-order chi connectivity index (χ0) is 20.1. The molecule has 1 aromatic heterocycles. The van der Waals surface area contributed by atoms with Crippen LogP contribution in [0.4, 0.5) is 10.1 Å². The number of benzene rings is 2. The van der Waals surface area contributed by atoms with Gasteiger partial charge in [-0.1, -0.05) is 29.8 Å². The Balaban J connectivity index is 1.71. The summed E-state index contributed by atoms with van der Waals surface area (Å²) in [5, 5.41) is 9.46. The van der Waals surface area contributed by atoms with Crippen molar-refractivity contribution >= 4 is 17.5 Å². The number of hydrogen-bond acceptors (Lipinski definition) is 3. The molecule has 0 saturated carbocycles. The van der Waals surface area contributed by atoms with E-state index in [1.165, 1.54) is 17.7 Å². The van der Waals surface area contributed by atoms with Crippen LogP contribution in [0.1, 0.15) is 30.5 Å². The summed E-state index contributed by atoms with van der Waals surface area (Å²) in [5.74, 6) is -1.06. The summed E-state index contributed by atoms with van der Waals surface area (Å²) >= 11 is 0. The number of aryl methyl sites for hydroxylation is 1. The Morgan fingerprint density at radius 2 is 1.93 bits per heavy atom. The third-order valence-corrected chi connectivity index (χ3v) is 4.23. The Morgan fingerprint density at radius 3 is 2.54 bits per heavy atom. The minimum Gasteiger partial charge on any atom is -0.349 e. The lowest BCUT2D eigenvalue weighted by atomic mass is 10.0. The number of carbonyl (C=O) groups excluding carboxylic acids is 2. The van der Waals surface area contributed by atoms with E-state index in [9.17, 15) is 14.0 Å². The second kappa shape index (κ2) is 8.47. The van der Waals surface area contributed by atoms with Crippen molar-refractivity contribution < 1.29 is 14.0 Å². The van der Waals surface area contributed by atoms with Gasteiger partial charge in [-0.05, 0) is 36.8 Å². The molecule has 2 aromatic carbocycles. The first kappa shape index (κ1) is 19.3. The van der Waals surface area contributed by atoms with Gasteiger partial charge in [0.2, 0.25) is 11.8 Å². The molecule has 0 spiro atoms. The molecule has 0 saturated heterocycles. The van der Waals surface area contributed by atoms with Crippen LogP contribution in [0.2, 0.25) is 0 Å². The van der Waals surface area contributed by atoms with E-state index >= 15 is 0 Å². The molecule has 2 N–H and O–H groups in total. The molecule has 1 atom stereocenters. The summed E-state index contributed by atoms with van der Waals surface area (Å²) in [4.78, 5) is 24.0. The Hall–Kier alpha value is -3.48. The first-order valence-electron chi connectivity index (χ1n) is 8.85. The lowest BCUT2D eigenvalue weighted by Crippen LogP contribution is -2.29. The van der Waals surface area contributed by atoms with Crippen molar-refractivity contribution in [3.63, 3.8) is 0 Å². The molecule has 3 rings (SSSR count). The average molecular weight is 380 g/mol. The van der Waals surface area contributed by atoms with Crippen molar-refractivity contribution in [3.8, 4) is 5.69 Å². The first-order chi connectivity index (χ1) is 13.4. The van der Waals surface area contributed by atoms with Gasteiger partial charge in [0, 0.05) is 25.0 Å². The molecule has 2 amide bonds. The number of amides is 2. The molecule has 3 aromatic rings. The van der Waals surface area contributed by atoms with Crippen LogP contribution in [0.15, 0.2) is 60.9 Å². The minimum atomic E-state index is -0.501. The van der Waals surface area contributed by atoms with Gasteiger partial charge in [-0.2, -0.15) is 5.10 Å². The van der Waals surface area contributed by atoms with Crippen LogP contribution in [0.3, 0.4) is 0 Å².